The summed E-state index contributed by atoms with van der Waals surface area (Å²) in [6, 6.07) is 18.8. The van der Waals surface area contributed by atoms with E-state index < -0.39 is 6.04 Å². The normalized spacial score (nSPS) is 14.8. The molecule has 2 amide bonds. The summed E-state index contributed by atoms with van der Waals surface area (Å²) < 4.78 is 5.21. The number of benzene rings is 2. The molecular weight excluding hydrogens is 402 g/mol. The van der Waals surface area contributed by atoms with Crippen LogP contribution in [0, 0.1) is 13.8 Å². The van der Waals surface area contributed by atoms with E-state index >= 15 is 0 Å². The molecule has 1 aliphatic rings. The number of hydrogen-bond donors (Lipinski definition) is 1. The number of carbonyl (C=O) groups is 2. The molecule has 0 radical (unpaired) electrons. The molecule has 1 N–H and O–H groups in total. The molecule has 6 heteroatoms. The first-order chi connectivity index (χ1) is 15.5. The Labute approximate surface area is 188 Å². The van der Waals surface area contributed by atoms with Gasteiger partial charge in [0.2, 0.25) is 5.91 Å². The van der Waals surface area contributed by atoms with E-state index in [0.717, 1.165) is 18.7 Å². The zero-order chi connectivity index (χ0) is 22.5. The van der Waals surface area contributed by atoms with E-state index in [9.17, 15) is 9.59 Å². The molecular formula is C26H29N3O3. The van der Waals surface area contributed by atoms with Crippen LogP contribution in [0.3, 0.4) is 0 Å². The monoisotopic (exact) mass is 431 g/mol. The minimum atomic E-state index is -0.651. The third kappa shape index (κ3) is 5.02. The lowest BCUT2D eigenvalue weighted by Crippen LogP contribution is -2.55. The van der Waals surface area contributed by atoms with Gasteiger partial charge in [-0.3, -0.25) is 9.59 Å². The average molecular weight is 432 g/mol. The minimum absolute atomic E-state index is 0.0608. The quantitative estimate of drug-likeness (QED) is 0.648. The summed E-state index contributed by atoms with van der Waals surface area (Å²) in [4.78, 5) is 30.2. The van der Waals surface area contributed by atoms with Gasteiger partial charge in [-0.05, 0) is 48.7 Å². The molecule has 3 aromatic rings. The van der Waals surface area contributed by atoms with Crippen LogP contribution in [-0.4, -0.2) is 48.9 Å². The first-order valence-corrected chi connectivity index (χ1v) is 11.0. The Bertz CT molecular complexity index is 1060. The van der Waals surface area contributed by atoms with Gasteiger partial charge in [-0.25, -0.2) is 0 Å². The number of furan rings is 1. The van der Waals surface area contributed by atoms with Crippen molar-refractivity contribution in [3.8, 4) is 0 Å². The van der Waals surface area contributed by atoms with Gasteiger partial charge in [-0.2, -0.15) is 0 Å². The second kappa shape index (κ2) is 9.73. The van der Waals surface area contributed by atoms with Gasteiger partial charge in [0.1, 0.15) is 6.04 Å². The molecule has 0 saturated carbocycles. The van der Waals surface area contributed by atoms with Crippen LogP contribution in [0.15, 0.2) is 71.3 Å². The van der Waals surface area contributed by atoms with E-state index in [1.54, 1.807) is 12.1 Å². The van der Waals surface area contributed by atoms with E-state index in [2.05, 4.69) is 42.3 Å². The smallest absolute Gasteiger partial charge is 0.287 e. The van der Waals surface area contributed by atoms with Crippen molar-refractivity contribution < 1.29 is 14.0 Å². The lowest BCUT2D eigenvalue weighted by molar-refractivity contribution is -0.133. The summed E-state index contributed by atoms with van der Waals surface area (Å²) in [5.41, 5.74) is 4.69. The fourth-order valence-corrected chi connectivity index (χ4v) is 4.14. The predicted molar refractivity (Wildman–Crippen MR) is 125 cm³/mol. The van der Waals surface area contributed by atoms with Gasteiger partial charge in [0.15, 0.2) is 5.76 Å². The summed E-state index contributed by atoms with van der Waals surface area (Å²) in [5.74, 6) is -0.233. The van der Waals surface area contributed by atoms with Gasteiger partial charge >= 0.3 is 0 Å². The van der Waals surface area contributed by atoms with Crippen LogP contribution >= 0.6 is 0 Å². The number of anilines is 1. The van der Waals surface area contributed by atoms with Crippen LogP contribution in [0.4, 0.5) is 5.69 Å². The van der Waals surface area contributed by atoms with Crippen LogP contribution in [0.5, 0.6) is 0 Å². The molecule has 0 bridgehead atoms. The second-order valence-electron chi connectivity index (χ2n) is 8.30. The molecule has 32 heavy (non-hydrogen) atoms. The zero-order valence-corrected chi connectivity index (χ0v) is 18.6. The second-order valence-corrected chi connectivity index (χ2v) is 8.30. The predicted octanol–water partition coefficient (Wildman–Crippen LogP) is 3.59. The number of nitrogens with zero attached hydrogens (tertiary/aromatic N) is 2. The van der Waals surface area contributed by atoms with E-state index in [-0.39, 0.29) is 17.6 Å². The molecule has 166 valence electrons. The van der Waals surface area contributed by atoms with Crippen molar-refractivity contribution in [1.29, 1.82) is 0 Å². The lowest BCUT2D eigenvalue weighted by Gasteiger charge is -2.38. The third-order valence-corrected chi connectivity index (χ3v) is 5.93. The molecule has 1 aromatic heterocycles. The number of amides is 2. The number of carbonyl (C=O) groups excluding carboxylic acids is 2. The Morgan fingerprint density at radius 3 is 2.41 bits per heavy atom. The van der Waals surface area contributed by atoms with Crippen LogP contribution in [0.2, 0.25) is 0 Å². The summed E-state index contributed by atoms with van der Waals surface area (Å²) in [5, 5.41) is 2.89. The molecule has 1 unspecified atom stereocenters. The number of piperazine rings is 1. The van der Waals surface area contributed by atoms with Gasteiger partial charge in [0, 0.05) is 38.3 Å². The fourth-order valence-electron chi connectivity index (χ4n) is 4.14. The van der Waals surface area contributed by atoms with Crippen molar-refractivity contribution in [3.05, 3.63) is 89.4 Å². The largest absolute Gasteiger partial charge is 0.459 e. The molecule has 1 fully saturated rings. The highest BCUT2D eigenvalue weighted by atomic mass is 16.3. The number of aryl methyl sites for hydroxylation is 2. The van der Waals surface area contributed by atoms with Gasteiger partial charge in [-0.1, -0.05) is 42.5 Å². The van der Waals surface area contributed by atoms with E-state index in [1.165, 1.54) is 23.1 Å². The summed E-state index contributed by atoms with van der Waals surface area (Å²) in [6.45, 7) is 6.98. The SMILES string of the molecule is Cc1ccc(C)c(N2CCN(C(=O)C(Cc3ccccc3)NC(=O)c3ccco3)CC2)c1. The fraction of sp³-hybridized carbons (Fsp3) is 0.308. The number of nitrogens with one attached hydrogen (secondary N) is 1. The van der Waals surface area contributed by atoms with Crippen molar-refractivity contribution in [2.24, 2.45) is 0 Å². The zero-order valence-electron chi connectivity index (χ0n) is 18.6. The molecule has 4 rings (SSSR count). The van der Waals surface area contributed by atoms with Crippen molar-refractivity contribution in [1.82, 2.24) is 10.2 Å². The maximum Gasteiger partial charge on any atom is 0.287 e. The van der Waals surface area contributed by atoms with E-state index in [1.807, 2.05) is 35.2 Å². The van der Waals surface area contributed by atoms with Gasteiger partial charge in [-0.15, -0.1) is 0 Å². The molecule has 2 aromatic carbocycles. The number of rotatable bonds is 6. The van der Waals surface area contributed by atoms with Crippen LogP contribution in [0.1, 0.15) is 27.2 Å². The highest BCUT2D eigenvalue weighted by Crippen LogP contribution is 2.23. The Kier molecular flexibility index (Phi) is 6.59. The standard InChI is InChI=1S/C26H29N3O3/c1-19-10-11-20(2)23(17-19)28-12-14-29(15-13-28)26(31)22(18-21-7-4-3-5-8-21)27-25(30)24-9-6-16-32-24/h3-11,16-17,22H,12-15,18H2,1-2H3,(H,27,30). The summed E-state index contributed by atoms with van der Waals surface area (Å²) in [6.07, 6.45) is 1.89. The van der Waals surface area contributed by atoms with Gasteiger partial charge in [0.25, 0.3) is 5.91 Å². The van der Waals surface area contributed by atoms with Crippen LogP contribution in [0.25, 0.3) is 0 Å². The minimum Gasteiger partial charge on any atom is -0.459 e. The third-order valence-electron chi connectivity index (χ3n) is 5.93. The molecule has 0 spiro atoms. The maximum atomic E-state index is 13.4. The first-order valence-electron chi connectivity index (χ1n) is 11.0. The molecule has 6 nitrogen and oxygen atoms in total. The molecule has 1 saturated heterocycles. The summed E-state index contributed by atoms with van der Waals surface area (Å²) in [7, 11) is 0. The van der Waals surface area contributed by atoms with Crippen molar-refractivity contribution in [2.45, 2.75) is 26.3 Å². The van der Waals surface area contributed by atoms with Crippen molar-refractivity contribution in [2.75, 3.05) is 31.1 Å². The number of hydrogen-bond acceptors (Lipinski definition) is 4. The van der Waals surface area contributed by atoms with E-state index in [0.29, 0.717) is 19.5 Å². The summed E-state index contributed by atoms with van der Waals surface area (Å²) >= 11 is 0. The van der Waals surface area contributed by atoms with Gasteiger partial charge < -0.3 is 19.5 Å². The Morgan fingerprint density at radius 1 is 0.969 bits per heavy atom. The van der Waals surface area contributed by atoms with Crippen LogP contribution in [-0.2, 0) is 11.2 Å². The Hall–Kier alpha value is -3.54. The first kappa shape index (κ1) is 21.7. The average Bonchev–Trinajstić information content (AvgIpc) is 3.36. The maximum absolute atomic E-state index is 13.4. The topological polar surface area (TPSA) is 65.8 Å². The molecule has 0 aliphatic carbocycles. The van der Waals surface area contributed by atoms with Gasteiger partial charge in [0.05, 0.1) is 6.26 Å². The lowest BCUT2D eigenvalue weighted by atomic mass is 10.0. The van der Waals surface area contributed by atoms with Crippen molar-refractivity contribution in [3.63, 3.8) is 0 Å². The molecule has 2 heterocycles. The Balaban J connectivity index is 1.45. The molecule has 1 atom stereocenters. The Morgan fingerprint density at radius 2 is 1.72 bits per heavy atom. The van der Waals surface area contributed by atoms with Crippen molar-refractivity contribution >= 4 is 17.5 Å². The van der Waals surface area contributed by atoms with Crippen LogP contribution < -0.4 is 10.2 Å². The highest BCUT2D eigenvalue weighted by molar-refractivity contribution is 5.95. The van der Waals surface area contributed by atoms with E-state index in [4.69, 9.17) is 4.42 Å². The highest BCUT2D eigenvalue weighted by Gasteiger charge is 2.30. The molecule has 1 aliphatic heterocycles.